The topological polar surface area (TPSA) is 57.8 Å². The zero-order valence-corrected chi connectivity index (χ0v) is 10.9. The number of H-pyrrole nitrogens is 1. The number of benzene rings is 1. The molecule has 19 heavy (non-hydrogen) atoms. The molecule has 4 nitrogen and oxygen atoms in total. The fourth-order valence-electron chi connectivity index (χ4n) is 2.63. The lowest BCUT2D eigenvalue weighted by Gasteiger charge is -2.23. The number of nitrogens with one attached hydrogen (secondary N) is 2. The third kappa shape index (κ3) is 2.52. The van der Waals surface area contributed by atoms with Gasteiger partial charge in [0.2, 0.25) is 5.91 Å². The fourth-order valence-corrected chi connectivity index (χ4v) is 2.63. The summed E-state index contributed by atoms with van der Waals surface area (Å²) < 4.78 is 0. The van der Waals surface area contributed by atoms with Crippen LogP contribution >= 0.6 is 0 Å². The van der Waals surface area contributed by atoms with Crippen LogP contribution in [0.1, 0.15) is 23.2 Å². The highest BCUT2D eigenvalue weighted by atomic mass is 16.1. The molecule has 0 bridgehead atoms. The molecule has 2 aromatic rings. The number of carbonyl (C=O) groups excluding carboxylic acids is 1. The van der Waals surface area contributed by atoms with Gasteiger partial charge in [-0.2, -0.15) is 5.10 Å². The summed E-state index contributed by atoms with van der Waals surface area (Å²) in [6.45, 7) is 1.92. The number of aromatic nitrogens is 2. The number of carbonyl (C=O) groups is 1. The van der Waals surface area contributed by atoms with E-state index in [1.165, 1.54) is 11.1 Å². The highest BCUT2D eigenvalue weighted by Gasteiger charge is 2.24. The first kappa shape index (κ1) is 12.0. The average molecular weight is 255 g/mol. The van der Waals surface area contributed by atoms with Gasteiger partial charge >= 0.3 is 0 Å². The van der Waals surface area contributed by atoms with Crippen LogP contribution in [-0.2, 0) is 17.6 Å². The molecule has 98 valence electrons. The summed E-state index contributed by atoms with van der Waals surface area (Å²) in [7, 11) is 0. The zero-order valence-electron chi connectivity index (χ0n) is 10.9. The van der Waals surface area contributed by atoms with Crippen LogP contribution in [-0.4, -0.2) is 16.1 Å². The second-order valence-electron chi connectivity index (χ2n) is 5.13. The van der Waals surface area contributed by atoms with Gasteiger partial charge in [0.05, 0.1) is 0 Å². The predicted molar refractivity (Wildman–Crippen MR) is 73.9 cm³/mol. The highest BCUT2D eigenvalue weighted by molar-refractivity contribution is 5.92. The Morgan fingerprint density at radius 3 is 2.89 bits per heavy atom. The summed E-state index contributed by atoms with van der Waals surface area (Å²) in [6.07, 6.45) is 2.71. The van der Waals surface area contributed by atoms with E-state index in [-0.39, 0.29) is 11.8 Å². The summed E-state index contributed by atoms with van der Waals surface area (Å²) in [6, 6.07) is 10.2. The molecule has 3 rings (SSSR count). The van der Waals surface area contributed by atoms with Gasteiger partial charge in [0, 0.05) is 17.7 Å². The molecule has 0 radical (unpaired) electrons. The summed E-state index contributed by atoms with van der Waals surface area (Å²) in [4.78, 5) is 12.2. The number of aryl methyl sites for hydroxylation is 2. The summed E-state index contributed by atoms with van der Waals surface area (Å²) >= 11 is 0. The molecule has 0 aliphatic heterocycles. The Labute approximate surface area is 112 Å². The van der Waals surface area contributed by atoms with Gasteiger partial charge in [0.25, 0.3) is 0 Å². The number of hydrogen-bond donors (Lipinski definition) is 2. The van der Waals surface area contributed by atoms with Gasteiger partial charge in [-0.3, -0.25) is 9.89 Å². The molecule has 1 amide bonds. The Kier molecular flexibility index (Phi) is 3.07. The minimum atomic E-state index is 0.0481. The van der Waals surface area contributed by atoms with Crippen LogP contribution in [0.25, 0.3) is 0 Å². The second-order valence-corrected chi connectivity index (χ2v) is 5.13. The van der Waals surface area contributed by atoms with Crippen LogP contribution in [0.2, 0.25) is 0 Å². The molecule has 4 heteroatoms. The first-order valence-corrected chi connectivity index (χ1v) is 6.62. The van der Waals surface area contributed by atoms with Crippen LogP contribution in [0.15, 0.2) is 30.3 Å². The molecule has 0 spiro atoms. The number of nitrogens with zero attached hydrogens (tertiary/aromatic N) is 1. The number of fused-ring (bicyclic) bond motifs is 1. The maximum absolute atomic E-state index is 12.2. The van der Waals surface area contributed by atoms with Gasteiger partial charge in [0.1, 0.15) is 0 Å². The van der Waals surface area contributed by atoms with Gasteiger partial charge < -0.3 is 5.32 Å². The lowest BCUT2D eigenvalue weighted by Crippen LogP contribution is -2.28. The highest BCUT2D eigenvalue weighted by Crippen LogP contribution is 2.26. The van der Waals surface area contributed by atoms with E-state index in [0.717, 1.165) is 25.0 Å². The largest absolute Gasteiger partial charge is 0.309 e. The first-order valence-electron chi connectivity index (χ1n) is 6.62. The molecule has 1 aromatic heterocycles. The van der Waals surface area contributed by atoms with Crippen LogP contribution in [0.5, 0.6) is 0 Å². The number of amides is 1. The standard InChI is InChI=1S/C15H17N3O/c1-10-8-14(18-17-10)16-15(19)13-7-6-11-4-2-3-5-12(11)9-13/h2-5,8,13H,6-7,9H2,1H3,(H2,16,17,18,19). The van der Waals surface area contributed by atoms with E-state index in [2.05, 4.69) is 33.7 Å². The van der Waals surface area contributed by atoms with Crippen molar-refractivity contribution in [2.24, 2.45) is 5.92 Å². The molecule has 0 fully saturated rings. The monoisotopic (exact) mass is 255 g/mol. The van der Waals surface area contributed by atoms with E-state index >= 15 is 0 Å². The molecule has 0 saturated carbocycles. The van der Waals surface area contributed by atoms with Crippen molar-refractivity contribution < 1.29 is 4.79 Å². The molecule has 1 atom stereocenters. The molecule has 1 heterocycles. The van der Waals surface area contributed by atoms with E-state index in [1.807, 2.05) is 19.1 Å². The van der Waals surface area contributed by atoms with E-state index in [9.17, 15) is 4.79 Å². The Balaban J connectivity index is 1.69. The normalized spacial score (nSPS) is 17.8. The second kappa shape index (κ2) is 4.88. The summed E-state index contributed by atoms with van der Waals surface area (Å²) in [5.74, 6) is 0.731. The van der Waals surface area contributed by atoms with Crippen molar-refractivity contribution in [3.63, 3.8) is 0 Å². The molecule has 2 N–H and O–H groups in total. The molecule has 1 unspecified atom stereocenters. The van der Waals surface area contributed by atoms with Crippen LogP contribution in [0, 0.1) is 12.8 Å². The van der Waals surface area contributed by atoms with Gasteiger partial charge in [-0.1, -0.05) is 24.3 Å². The van der Waals surface area contributed by atoms with E-state index in [1.54, 1.807) is 0 Å². The smallest absolute Gasteiger partial charge is 0.229 e. The lowest BCUT2D eigenvalue weighted by atomic mass is 9.83. The number of hydrogen-bond acceptors (Lipinski definition) is 2. The van der Waals surface area contributed by atoms with Crippen molar-refractivity contribution in [1.29, 1.82) is 0 Å². The lowest BCUT2D eigenvalue weighted by molar-refractivity contribution is -0.120. The maximum atomic E-state index is 12.2. The molecule has 1 aliphatic carbocycles. The Morgan fingerprint density at radius 2 is 2.16 bits per heavy atom. The molecule has 0 saturated heterocycles. The van der Waals surface area contributed by atoms with Crippen LogP contribution < -0.4 is 5.32 Å². The minimum absolute atomic E-state index is 0.0481. The van der Waals surface area contributed by atoms with Gasteiger partial charge in [0.15, 0.2) is 5.82 Å². The molecular formula is C15H17N3O. The van der Waals surface area contributed by atoms with Crippen molar-refractivity contribution in [3.8, 4) is 0 Å². The summed E-state index contributed by atoms with van der Waals surface area (Å²) in [5, 5.41) is 9.75. The average Bonchev–Trinajstić information content (AvgIpc) is 2.83. The quantitative estimate of drug-likeness (QED) is 0.866. The van der Waals surface area contributed by atoms with Crippen molar-refractivity contribution in [1.82, 2.24) is 10.2 Å². The third-order valence-electron chi connectivity index (χ3n) is 3.67. The van der Waals surface area contributed by atoms with Gasteiger partial charge in [-0.05, 0) is 37.3 Å². The maximum Gasteiger partial charge on any atom is 0.229 e. The number of anilines is 1. The van der Waals surface area contributed by atoms with Crippen molar-refractivity contribution >= 4 is 11.7 Å². The zero-order chi connectivity index (χ0) is 13.2. The number of aromatic amines is 1. The van der Waals surface area contributed by atoms with Crippen molar-refractivity contribution in [3.05, 3.63) is 47.2 Å². The predicted octanol–water partition coefficient (Wildman–Crippen LogP) is 2.46. The van der Waals surface area contributed by atoms with Crippen LogP contribution in [0.3, 0.4) is 0 Å². The summed E-state index contributed by atoms with van der Waals surface area (Å²) in [5.41, 5.74) is 3.62. The Morgan fingerprint density at radius 1 is 1.37 bits per heavy atom. The molecular weight excluding hydrogens is 238 g/mol. The first-order chi connectivity index (χ1) is 9.22. The fraction of sp³-hybridized carbons (Fsp3) is 0.333. The van der Waals surface area contributed by atoms with Crippen LogP contribution in [0.4, 0.5) is 5.82 Å². The van der Waals surface area contributed by atoms with Gasteiger partial charge in [-0.15, -0.1) is 0 Å². The Hall–Kier alpha value is -2.10. The minimum Gasteiger partial charge on any atom is -0.309 e. The molecule has 1 aliphatic rings. The van der Waals surface area contributed by atoms with Crippen molar-refractivity contribution in [2.45, 2.75) is 26.2 Å². The van der Waals surface area contributed by atoms with Gasteiger partial charge in [-0.25, -0.2) is 0 Å². The Bertz CT molecular complexity index is 603. The SMILES string of the molecule is Cc1cc(NC(=O)C2CCc3ccccc3C2)n[nH]1. The van der Waals surface area contributed by atoms with E-state index in [4.69, 9.17) is 0 Å². The third-order valence-corrected chi connectivity index (χ3v) is 3.67. The number of rotatable bonds is 2. The van der Waals surface area contributed by atoms with E-state index in [0.29, 0.717) is 5.82 Å². The van der Waals surface area contributed by atoms with E-state index < -0.39 is 0 Å². The molecule has 1 aromatic carbocycles. The van der Waals surface area contributed by atoms with Crippen molar-refractivity contribution in [2.75, 3.05) is 5.32 Å².